The van der Waals surface area contributed by atoms with E-state index < -0.39 is 0 Å². The Bertz CT molecular complexity index is 1150. The molecule has 2 atom stereocenters. The number of thioether (sulfide) groups is 1. The molecule has 2 saturated carbocycles. The Morgan fingerprint density at radius 3 is 2.62 bits per heavy atom. The van der Waals surface area contributed by atoms with Gasteiger partial charge in [-0.15, -0.1) is 11.8 Å². The van der Waals surface area contributed by atoms with E-state index in [1.807, 2.05) is 16.7 Å². The average Bonchev–Trinajstić information content (AvgIpc) is 3.74. The summed E-state index contributed by atoms with van der Waals surface area (Å²) in [4.78, 5) is 31.4. The van der Waals surface area contributed by atoms with Crippen LogP contribution in [-0.4, -0.2) is 52.5 Å². The number of hydrogen-bond donors (Lipinski definition) is 1. The van der Waals surface area contributed by atoms with Crippen LogP contribution in [-0.2, 0) is 16.0 Å². The Labute approximate surface area is 205 Å². The zero-order chi connectivity index (χ0) is 22.9. The minimum Gasteiger partial charge on any atom is -0.342 e. The summed E-state index contributed by atoms with van der Waals surface area (Å²) < 4.78 is 0. The molecular weight excluding hydrogens is 442 g/mol. The molecule has 2 aromatic rings. The number of nitrogens with zero attached hydrogens (tertiary/aromatic N) is 2. The van der Waals surface area contributed by atoms with Crippen LogP contribution < -0.4 is 5.32 Å². The Morgan fingerprint density at radius 1 is 1.06 bits per heavy atom. The molecule has 7 rings (SSSR count). The summed E-state index contributed by atoms with van der Waals surface area (Å²) in [6.07, 6.45) is 6.05. The SMILES string of the molecule is O=C(C1CC1)N1CC[C@@H](CN2C(=O)C3(CC3)NC2c2ccc(-c3ccc4c(c3)CCS4)cc2)C1. The third-order valence-corrected chi connectivity index (χ3v) is 9.49. The lowest BCUT2D eigenvalue weighted by atomic mass is 10.00. The van der Waals surface area contributed by atoms with Crippen LogP contribution in [0.1, 0.15) is 49.4 Å². The van der Waals surface area contributed by atoms with E-state index in [4.69, 9.17) is 0 Å². The van der Waals surface area contributed by atoms with Crippen LogP contribution in [0.4, 0.5) is 0 Å². The van der Waals surface area contributed by atoms with Crippen molar-refractivity contribution in [2.45, 2.75) is 55.1 Å². The minimum atomic E-state index is -0.344. The van der Waals surface area contributed by atoms with Crippen molar-refractivity contribution in [2.24, 2.45) is 11.8 Å². The van der Waals surface area contributed by atoms with Crippen molar-refractivity contribution in [2.75, 3.05) is 25.4 Å². The van der Waals surface area contributed by atoms with Gasteiger partial charge in [0.05, 0.1) is 0 Å². The fraction of sp³-hybridized carbons (Fsp3) is 0.500. The first-order valence-corrected chi connectivity index (χ1v) is 13.8. The van der Waals surface area contributed by atoms with Gasteiger partial charge in [0.1, 0.15) is 11.7 Å². The lowest BCUT2D eigenvalue weighted by Crippen LogP contribution is -2.37. The number of rotatable bonds is 5. The highest BCUT2D eigenvalue weighted by molar-refractivity contribution is 7.99. The number of carbonyl (C=O) groups is 2. The van der Waals surface area contributed by atoms with Crippen LogP contribution >= 0.6 is 11.8 Å². The Kier molecular flexibility index (Phi) is 4.85. The predicted molar refractivity (Wildman–Crippen MR) is 133 cm³/mol. The number of likely N-dealkylation sites (tertiary alicyclic amines) is 1. The number of carbonyl (C=O) groups excluding carboxylic acids is 2. The number of aryl methyl sites for hydroxylation is 1. The lowest BCUT2D eigenvalue weighted by Gasteiger charge is -2.27. The molecule has 5 aliphatic rings. The van der Waals surface area contributed by atoms with Crippen LogP contribution in [0, 0.1) is 11.8 Å². The molecule has 5 nitrogen and oxygen atoms in total. The molecule has 1 unspecified atom stereocenters. The highest BCUT2D eigenvalue weighted by atomic mass is 32.2. The van der Waals surface area contributed by atoms with Crippen molar-refractivity contribution in [1.29, 1.82) is 0 Å². The Morgan fingerprint density at radius 2 is 1.85 bits per heavy atom. The second-order valence-electron chi connectivity index (χ2n) is 10.8. The summed E-state index contributed by atoms with van der Waals surface area (Å²) in [6.45, 7) is 2.38. The van der Waals surface area contributed by atoms with Gasteiger partial charge in [0.25, 0.3) is 0 Å². The minimum absolute atomic E-state index is 0.0753. The molecule has 2 aromatic carbocycles. The van der Waals surface area contributed by atoms with Gasteiger partial charge < -0.3 is 9.80 Å². The van der Waals surface area contributed by atoms with Crippen LogP contribution in [0.25, 0.3) is 11.1 Å². The summed E-state index contributed by atoms with van der Waals surface area (Å²) in [7, 11) is 0. The van der Waals surface area contributed by atoms with Crippen molar-refractivity contribution in [1.82, 2.24) is 15.1 Å². The van der Waals surface area contributed by atoms with E-state index in [9.17, 15) is 9.59 Å². The Hall–Kier alpha value is -2.31. The summed E-state index contributed by atoms with van der Waals surface area (Å²) in [5, 5.41) is 3.68. The van der Waals surface area contributed by atoms with E-state index in [-0.39, 0.29) is 23.5 Å². The third-order valence-electron chi connectivity index (χ3n) is 8.37. The molecule has 0 radical (unpaired) electrons. The largest absolute Gasteiger partial charge is 0.342 e. The standard InChI is InChI=1S/C28H31N3O2S/c32-26(21-5-6-21)30-13-9-18(16-30)17-31-25(29-28(11-12-28)27(31)33)20-3-1-19(2-4-20)22-7-8-24-23(15-22)10-14-34-24/h1-4,7-8,15,18,21,25,29H,5-6,9-14,16-17H2/t18-,25?/m1/s1. The highest BCUT2D eigenvalue weighted by Gasteiger charge is 2.59. The number of nitrogens with one attached hydrogen (secondary N) is 1. The first kappa shape index (κ1) is 21.0. The lowest BCUT2D eigenvalue weighted by molar-refractivity contribution is -0.131. The molecule has 176 valence electrons. The van der Waals surface area contributed by atoms with Gasteiger partial charge in [-0.2, -0.15) is 0 Å². The van der Waals surface area contributed by atoms with Crippen LogP contribution in [0.3, 0.4) is 0 Å². The predicted octanol–water partition coefficient (Wildman–Crippen LogP) is 4.22. The van der Waals surface area contributed by atoms with E-state index in [2.05, 4.69) is 52.7 Å². The van der Waals surface area contributed by atoms with Gasteiger partial charge in [-0.25, -0.2) is 0 Å². The molecule has 3 aliphatic heterocycles. The highest BCUT2D eigenvalue weighted by Crippen LogP contribution is 2.47. The molecule has 1 N–H and O–H groups in total. The maximum Gasteiger partial charge on any atom is 0.244 e. The van der Waals surface area contributed by atoms with E-state index in [1.54, 1.807) is 0 Å². The number of hydrogen-bond acceptors (Lipinski definition) is 4. The molecule has 2 aliphatic carbocycles. The van der Waals surface area contributed by atoms with Gasteiger partial charge >= 0.3 is 0 Å². The van der Waals surface area contributed by atoms with Crippen LogP contribution in [0.5, 0.6) is 0 Å². The van der Waals surface area contributed by atoms with E-state index >= 15 is 0 Å². The molecule has 6 heteroatoms. The van der Waals surface area contributed by atoms with Gasteiger partial charge in [-0.3, -0.25) is 14.9 Å². The molecule has 2 saturated heterocycles. The molecule has 0 aromatic heterocycles. The summed E-state index contributed by atoms with van der Waals surface area (Å²) >= 11 is 1.95. The van der Waals surface area contributed by atoms with Crippen LogP contribution in [0.2, 0.25) is 0 Å². The van der Waals surface area contributed by atoms with Crippen molar-refractivity contribution in [3.8, 4) is 11.1 Å². The smallest absolute Gasteiger partial charge is 0.244 e. The summed E-state index contributed by atoms with van der Waals surface area (Å²) in [5.74, 6) is 2.42. The van der Waals surface area contributed by atoms with Crippen LogP contribution in [0.15, 0.2) is 47.4 Å². The zero-order valence-electron chi connectivity index (χ0n) is 19.5. The topological polar surface area (TPSA) is 52.7 Å². The van der Waals surface area contributed by atoms with E-state index in [0.717, 1.165) is 63.7 Å². The van der Waals surface area contributed by atoms with E-state index in [1.165, 1.54) is 27.3 Å². The van der Waals surface area contributed by atoms with Crippen molar-refractivity contribution >= 4 is 23.6 Å². The van der Waals surface area contributed by atoms with Crippen molar-refractivity contribution in [3.63, 3.8) is 0 Å². The van der Waals surface area contributed by atoms with Gasteiger partial charge in [0.2, 0.25) is 11.8 Å². The average molecular weight is 474 g/mol. The third kappa shape index (κ3) is 3.57. The number of amides is 2. The fourth-order valence-electron chi connectivity index (χ4n) is 6.00. The van der Waals surface area contributed by atoms with Gasteiger partial charge in [0, 0.05) is 36.2 Å². The zero-order valence-corrected chi connectivity index (χ0v) is 20.3. The molecular formula is C28H31N3O2S. The maximum atomic E-state index is 13.4. The summed E-state index contributed by atoms with van der Waals surface area (Å²) in [5.41, 5.74) is 4.77. The van der Waals surface area contributed by atoms with Crippen molar-refractivity contribution in [3.05, 3.63) is 53.6 Å². The normalized spacial score (nSPS) is 27.0. The fourth-order valence-corrected chi connectivity index (χ4v) is 7.05. The molecule has 0 bridgehead atoms. The Balaban J connectivity index is 1.09. The molecule has 34 heavy (non-hydrogen) atoms. The summed E-state index contributed by atoms with van der Waals surface area (Å²) in [6, 6.07) is 15.6. The second-order valence-corrected chi connectivity index (χ2v) is 12.0. The first-order valence-electron chi connectivity index (χ1n) is 12.8. The molecule has 1 spiro atoms. The second kappa shape index (κ2) is 7.85. The molecule has 3 heterocycles. The quantitative estimate of drug-likeness (QED) is 0.706. The van der Waals surface area contributed by atoms with Gasteiger partial charge in [-0.05, 0) is 72.8 Å². The van der Waals surface area contributed by atoms with Gasteiger partial charge in [0.15, 0.2) is 0 Å². The van der Waals surface area contributed by atoms with Crippen molar-refractivity contribution < 1.29 is 9.59 Å². The maximum absolute atomic E-state index is 13.4. The van der Waals surface area contributed by atoms with E-state index in [0.29, 0.717) is 11.8 Å². The number of benzene rings is 2. The monoisotopic (exact) mass is 473 g/mol. The number of fused-ring (bicyclic) bond motifs is 1. The molecule has 4 fully saturated rings. The molecule has 2 amide bonds. The van der Waals surface area contributed by atoms with Gasteiger partial charge in [-0.1, -0.05) is 36.4 Å². The first-order chi connectivity index (χ1) is 16.6.